The lowest BCUT2D eigenvalue weighted by Gasteiger charge is -2.14. The van der Waals surface area contributed by atoms with E-state index in [0.29, 0.717) is 6.54 Å². The lowest BCUT2D eigenvalue weighted by Crippen LogP contribution is -2.13. The average molecular weight is 230 g/mol. The third-order valence-corrected chi connectivity index (χ3v) is 3.02. The Labute approximate surface area is 101 Å². The molecule has 0 heterocycles. The number of aliphatic hydroxyl groups excluding tert-OH is 1. The number of benzene rings is 2. The first kappa shape index (κ1) is 12.0. The molecule has 3 heteroatoms. The van der Waals surface area contributed by atoms with Crippen LogP contribution in [0.1, 0.15) is 17.2 Å². The van der Waals surface area contributed by atoms with Crippen LogP contribution in [0, 0.1) is 0 Å². The normalized spacial score (nSPS) is 12.9. The number of nitrogens with two attached hydrogens (primary N) is 2. The van der Waals surface area contributed by atoms with Gasteiger partial charge in [0.15, 0.2) is 0 Å². The van der Waals surface area contributed by atoms with Crippen LogP contribution in [0.3, 0.4) is 0 Å². The molecule has 2 rings (SSSR count). The standard InChI is InChI=1S/C14H18N2O/c15-8-7-11-4-1-3-10-5-2-6-12(14(10)11)13(17)9-16/h1-6,13,17H,7-9,15-16H2. The lowest BCUT2D eigenvalue weighted by atomic mass is 9.94. The topological polar surface area (TPSA) is 72.3 Å². The Morgan fingerprint density at radius 3 is 2.41 bits per heavy atom. The Kier molecular flexibility index (Phi) is 3.74. The first-order chi connectivity index (χ1) is 8.27. The molecule has 0 aliphatic rings. The summed E-state index contributed by atoms with van der Waals surface area (Å²) in [5, 5.41) is 12.2. The van der Waals surface area contributed by atoms with Crippen LogP contribution in [0.25, 0.3) is 10.8 Å². The maximum absolute atomic E-state index is 9.96. The van der Waals surface area contributed by atoms with Gasteiger partial charge in [0.2, 0.25) is 0 Å². The molecule has 0 aliphatic heterocycles. The molecule has 5 N–H and O–H groups in total. The Balaban J connectivity index is 2.66. The zero-order valence-electron chi connectivity index (χ0n) is 9.76. The van der Waals surface area contributed by atoms with Crippen LogP contribution in [0.4, 0.5) is 0 Å². The van der Waals surface area contributed by atoms with Gasteiger partial charge >= 0.3 is 0 Å². The van der Waals surface area contributed by atoms with Gasteiger partial charge in [-0.05, 0) is 34.9 Å². The van der Waals surface area contributed by atoms with Gasteiger partial charge in [0.05, 0.1) is 6.10 Å². The molecule has 1 unspecified atom stereocenters. The molecular formula is C14H18N2O. The Morgan fingerprint density at radius 2 is 1.76 bits per heavy atom. The predicted octanol–water partition coefficient (Wildman–Crippen LogP) is 1.33. The minimum atomic E-state index is -0.613. The quantitative estimate of drug-likeness (QED) is 0.742. The van der Waals surface area contributed by atoms with Crippen LogP contribution in [0.15, 0.2) is 36.4 Å². The lowest BCUT2D eigenvalue weighted by molar-refractivity contribution is 0.188. The van der Waals surface area contributed by atoms with E-state index in [1.165, 1.54) is 5.56 Å². The molecule has 0 radical (unpaired) electrons. The Hall–Kier alpha value is -1.42. The third-order valence-electron chi connectivity index (χ3n) is 3.02. The second-order valence-electron chi connectivity index (χ2n) is 4.15. The van der Waals surface area contributed by atoms with Crippen molar-refractivity contribution in [1.82, 2.24) is 0 Å². The summed E-state index contributed by atoms with van der Waals surface area (Å²) in [5.74, 6) is 0. The molecule has 0 amide bonds. The van der Waals surface area contributed by atoms with Crippen molar-refractivity contribution in [3.63, 3.8) is 0 Å². The number of fused-ring (bicyclic) bond motifs is 1. The molecule has 0 saturated carbocycles. The first-order valence-electron chi connectivity index (χ1n) is 5.86. The summed E-state index contributed by atoms with van der Waals surface area (Å²) in [6.07, 6.45) is 0.198. The molecule has 3 nitrogen and oxygen atoms in total. The number of aliphatic hydroxyl groups is 1. The van der Waals surface area contributed by atoms with E-state index in [1.807, 2.05) is 30.3 Å². The number of hydrogen-bond acceptors (Lipinski definition) is 3. The van der Waals surface area contributed by atoms with E-state index in [-0.39, 0.29) is 6.54 Å². The highest BCUT2D eigenvalue weighted by molar-refractivity contribution is 5.89. The van der Waals surface area contributed by atoms with Crippen molar-refractivity contribution in [2.45, 2.75) is 12.5 Å². The van der Waals surface area contributed by atoms with Gasteiger partial charge < -0.3 is 16.6 Å². The van der Waals surface area contributed by atoms with Crippen molar-refractivity contribution >= 4 is 10.8 Å². The van der Waals surface area contributed by atoms with Crippen LogP contribution in [-0.2, 0) is 6.42 Å². The van der Waals surface area contributed by atoms with Gasteiger partial charge in [0.25, 0.3) is 0 Å². The molecule has 0 aliphatic carbocycles. The molecule has 0 saturated heterocycles. The van der Waals surface area contributed by atoms with Gasteiger partial charge in [-0.2, -0.15) is 0 Å². The molecule has 90 valence electrons. The summed E-state index contributed by atoms with van der Waals surface area (Å²) >= 11 is 0. The van der Waals surface area contributed by atoms with E-state index >= 15 is 0 Å². The molecule has 0 spiro atoms. The van der Waals surface area contributed by atoms with E-state index in [1.54, 1.807) is 0 Å². The van der Waals surface area contributed by atoms with E-state index < -0.39 is 6.10 Å². The van der Waals surface area contributed by atoms with Crippen LogP contribution < -0.4 is 11.5 Å². The molecule has 2 aromatic rings. The van der Waals surface area contributed by atoms with Crippen molar-refractivity contribution in [2.75, 3.05) is 13.1 Å². The maximum Gasteiger partial charge on any atom is 0.0918 e. The predicted molar refractivity (Wildman–Crippen MR) is 70.7 cm³/mol. The smallest absolute Gasteiger partial charge is 0.0918 e. The van der Waals surface area contributed by atoms with Crippen LogP contribution in [-0.4, -0.2) is 18.2 Å². The average Bonchev–Trinajstić information content (AvgIpc) is 2.38. The molecule has 0 bridgehead atoms. The summed E-state index contributed by atoms with van der Waals surface area (Å²) in [6, 6.07) is 12.0. The van der Waals surface area contributed by atoms with Gasteiger partial charge in [-0.3, -0.25) is 0 Å². The fourth-order valence-corrected chi connectivity index (χ4v) is 2.22. The summed E-state index contributed by atoms with van der Waals surface area (Å²) < 4.78 is 0. The summed E-state index contributed by atoms with van der Waals surface area (Å²) in [6.45, 7) is 0.836. The minimum Gasteiger partial charge on any atom is -0.387 e. The van der Waals surface area contributed by atoms with Crippen LogP contribution >= 0.6 is 0 Å². The zero-order chi connectivity index (χ0) is 12.3. The molecule has 1 atom stereocenters. The van der Waals surface area contributed by atoms with Crippen molar-refractivity contribution in [2.24, 2.45) is 11.5 Å². The largest absolute Gasteiger partial charge is 0.387 e. The monoisotopic (exact) mass is 230 g/mol. The van der Waals surface area contributed by atoms with E-state index in [9.17, 15) is 5.11 Å². The van der Waals surface area contributed by atoms with Crippen molar-refractivity contribution in [3.8, 4) is 0 Å². The van der Waals surface area contributed by atoms with Gasteiger partial charge in [-0.1, -0.05) is 36.4 Å². The number of hydrogen-bond donors (Lipinski definition) is 3. The van der Waals surface area contributed by atoms with Crippen molar-refractivity contribution in [3.05, 3.63) is 47.5 Å². The van der Waals surface area contributed by atoms with Gasteiger partial charge in [0.1, 0.15) is 0 Å². The van der Waals surface area contributed by atoms with Crippen molar-refractivity contribution < 1.29 is 5.11 Å². The first-order valence-corrected chi connectivity index (χ1v) is 5.86. The highest BCUT2D eigenvalue weighted by Gasteiger charge is 2.11. The second kappa shape index (κ2) is 5.27. The summed E-state index contributed by atoms with van der Waals surface area (Å²) in [5.41, 5.74) is 13.2. The Morgan fingerprint density at radius 1 is 1.06 bits per heavy atom. The fraction of sp³-hybridized carbons (Fsp3) is 0.286. The summed E-state index contributed by atoms with van der Waals surface area (Å²) in [4.78, 5) is 0. The van der Waals surface area contributed by atoms with Crippen LogP contribution in [0.5, 0.6) is 0 Å². The van der Waals surface area contributed by atoms with E-state index in [4.69, 9.17) is 11.5 Å². The second-order valence-corrected chi connectivity index (χ2v) is 4.15. The third kappa shape index (κ3) is 2.31. The highest BCUT2D eigenvalue weighted by atomic mass is 16.3. The van der Waals surface area contributed by atoms with Gasteiger partial charge in [-0.15, -0.1) is 0 Å². The molecule has 0 fully saturated rings. The fourth-order valence-electron chi connectivity index (χ4n) is 2.22. The zero-order valence-corrected chi connectivity index (χ0v) is 9.76. The van der Waals surface area contributed by atoms with Gasteiger partial charge in [-0.25, -0.2) is 0 Å². The molecular weight excluding hydrogens is 212 g/mol. The van der Waals surface area contributed by atoms with Gasteiger partial charge in [0, 0.05) is 6.54 Å². The van der Waals surface area contributed by atoms with Crippen LogP contribution in [0.2, 0.25) is 0 Å². The Bertz CT molecular complexity index is 505. The number of rotatable bonds is 4. The van der Waals surface area contributed by atoms with E-state index in [2.05, 4.69) is 6.07 Å². The van der Waals surface area contributed by atoms with E-state index in [0.717, 1.165) is 22.8 Å². The highest BCUT2D eigenvalue weighted by Crippen LogP contribution is 2.27. The minimum absolute atomic E-state index is 0.232. The van der Waals surface area contributed by atoms with Crippen molar-refractivity contribution in [1.29, 1.82) is 0 Å². The molecule has 17 heavy (non-hydrogen) atoms. The maximum atomic E-state index is 9.96. The SMILES string of the molecule is NCCc1cccc2cccc(C(O)CN)c12. The molecule has 2 aromatic carbocycles. The molecule has 0 aromatic heterocycles. The summed E-state index contributed by atoms with van der Waals surface area (Å²) in [7, 11) is 0.